The van der Waals surface area contributed by atoms with E-state index in [4.69, 9.17) is 23.1 Å². The van der Waals surface area contributed by atoms with Gasteiger partial charge in [-0.3, -0.25) is 19.9 Å². The summed E-state index contributed by atoms with van der Waals surface area (Å²) in [6.07, 6.45) is 1.25. The highest BCUT2D eigenvalue weighted by Crippen LogP contribution is 2.27. The molecule has 2 fully saturated rings. The number of nitrogens with one attached hydrogen (secondary N) is 3. The lowest BCUT2D eigenvalue weighted by Gasteiger charge is -2.39. The van der Waals surface area contributed by atoms with Crippen LogP contribution in [0.1, 0.15) is 40.1 Å². The lowest BCUT2D eigenvalue weighted by atomic mass is 9.88. The molecule has 1 unspecified atom stereocenters. The Balaban J connectivity index is 1.18. The van der Waals surface area contributed by atoms with Crippen LogP contribution in [0.3, 0.4) is 0 Å². The van der Waals surface area contributed by atoms with Crippen molar-refractivity contribution >= 4 is 60.9 Å². The van der Waals surface area contributed by atoms with E-state index >= 15 is 0 Å². The summed E-state index contributed by atoms with van der Waals surface area (Å²) >= 11 is 5.86. The third-order valence-corrected chi connectivity index (χ3v) is 10.8. The molecule has 1 aromatic carbocycles. The molecule has 2 amide bonds. The highest BCUT2D eigenvalue weighted by molar-refractivity contribution is 7.92. The van der Waals surface area contributed by atoms with Crippen LogP contribution in [-0.2, 0) is 19.9 Å². The van der Waals surface area contributed by atoms with Gasteiger partial charge in [0.25, 0.3) is 11.8 Å². The van der Waals surface area contributed by atoms with Crippen molar-refractivity contribution in [2.75, 3.05) is 42.6 Å². The van der Waals surface area contributed by atoms with Gasteiger partial charge in [-0.15, -0.1) is 0 Å². The predicted octanol–water partition coefficient (Wildman–Crippen LogP) is -0.876. The number of halogens is 1. The summed E-state index contributed by atoms with van der Waals surface area (Å²) in [5, 5.41) is 5.68. The summed E-state index contributed by atoms with van der Waals surface area (Å²) in [7, 11) is -7.28. The van der Waals surface area contributed by atoms with Crippen LogP contribution in [-0.4, -0.2) is 92.2 Å². The second-order valence-electron chi connectivity index (χ2n) is 10.2. The summed E-state index contributed by atoms with van der Waals surface area (Å²) in [6.45, 7) is 1.10. The first-order valence-corrected chi connectivity index (χ1v) is 16.3. The largest absolute Gasteiger partial charge is 0.382 e. The van der Waals surface area contributed by atoms with Crippen molar-refractivity contribution in [3.05, 3.63) is 40.7 Å². The Hall–Kier alpha value is -3.54. The number of likely N-dealkylation sites (tertiary alicyclic amines) is 1. The number of nitrogen functional groups attached to an aromatic ring is 2. The van der Waals surface area contributed by atoms with Gasteiger partial charge in [-0.05, 0) is 37.5 Å². The Labute approximate surface area is 241 Å². The number of sulfone groups is 1. The number of guanidine groups is 1. The summed E-state index contributed by atoms with van der Waals surface area (Å²) in [6, 6.07) is 4.97. The molecule has 2 saturated heterocycles. The molecular weight excluding hydrogens is 598 g/mol. The van der Waals surface area contributed by atoms with Crippen molar-refractivity contribution in [2.24, 2.45) is 4.99 Å². The number of rotatable bonds is 5. The van der Waals surface area contributed by atoms with Crippen LogP contribution in [0.5, 0.6) is 0 Å². The Bertz CT molecular complexity index is 1660. The van der Waals surface area contributed by atoms with Crippen molar-refractivity contribution in [1.29, 1.82) is 0 Å². The normalized spacial score (nSPS) is 21.3. The van der Waals surface area contributed by atoms with Gasteiger partial charge in [0.15, 0.2) is 38.3 Å². The van der Waals surface area contributed by atoms with Gasteiger partial charge in [-0.25, -0.2) is 31.5 Å². The van der Waals surface area contributed by atoms with Crippen molar-refractivity contribution in [3.8, 4) is 0 Å². The summed E-state index contributed by atoms with van der Waals surface area (Å²) in [5.74, 6) is -1.35. The Morgan fingerprint density at radius 3 is 2.56 bits per heavy atom. The molecule has 220 valence electrons. The van der Waals surface area contributed by atoms with Crippen LogP contribution < -0.4 is 26.8 Å². The average Bonchev–Trinajstić information content (AvgIpc) is 3.47. The zero-order valence-corrected chi connectivity index (χ0v) is 24.0. The number of nitrogens with zero attached hydrogens (tertiary/aromatic N) is 4. The van der Waals surface area contributed by atoms with Crippen LogP contribution in [0.2, 0.25) is 5.15 Å². The summed E-state index contributed by atoms with van der Waals surface area (Å²) in [5.41, 5.74) is 10.8. The zero-order chi connectivity index (χ0) is 29.6. The lowest BCUT2D eigenvalue weighted by molar-refractivity contribution is 0.0668. The first-order chi connectivity index (χ1) is 19.3. The van der Waals surface area contributed by atoms with E-state index in [1.54, 1.807) is 4.90 Å². The number of anilines is 2. The fourth-order valence-electron chi connectivity index (χ4n) is 4.98. The van der Waals surface area contributed by atoms with E-state index in [1.165, 1.54) is 24.3 Å². The second-order valence-corrected chi connectivity index (χ2v) is 14.5. The quantitative estimate of drug-likeness (QED) is 0.274. The van der Waals surface area contributed by atoms with E-state index in [9.17, 15) is 26.4 Å². The van der Waals surface area contributed by atoms with Crippen molar-refractivity contribution in [2.45, 2.75) is 35.7 Å². The van der Waals surface area contributed by atoms with Gasteiger partial charge >= 0.3 is 0 Å². The monoisotopic (exact) mass is 625 g/mol. The molecule has 1 spiro atoms. The van der Waals surface area contributed by atoms with E-state index < -0.39 is 37.3 Å². The number of hydrogen-bond donors (Lipinski definition) is 5. The number of benzene rings is 1. The minimum absolute atomic E-state index is 0.0658. The van der Waals surface area contributed by atoms with Crippen LogP contribution in [0.25, 0.3) is 0 Å². The molecule has 0 saturated carbocycles. The smallest absolute Gasteiger partial charge is 0.280 e. The van der Waals surface area contributed by atoms with E-state index in [0.717, 1.165) is 0 Å². The molecule has 3 aliphatic heterocycles. The van der Waals surface area contributed by atoms with Gasteiger partial charge in [0, 0.05) is 24.7 Å². The van der Waals surface area contributed by atoms with Crippen molar-refractivity contribution in [3.63, 3.8) is 0 Å². The number of hydrogen-bond acceptors (Lipinski definition) is 12. The molecule has 4 heterocycles. The average molecular weight is 626 g/mol. The molecule has 1 atom stereocenters. The van der Waals surface area contributed by atoms with Gasteiger partial charge < -0.3 is 21.7 Å². The number of nitrogens with two attached hydrogens (primary N) is 2. The molecule has 3 aliphatic rings. The number of aromatic nitrogens is 2. The maximum Gasteiger partial charge on any atom is 0.280 e. The number of aliphatic imine (C=N–C) groups is 1. The van der Waals surface area contributed by atoms with Gasteiger partial charge in [-0.2, -0.15) is 0 Å². The third kappa shape index (κ3) is 6.22. The van der Waals surface area contributed by atoms with Crippen LogP contribution in [0, 0.1) is 0 Å². The molecule has 18 heteroatoms. The molecule has 41 heavy (non-hydrogen) atoms. The molecule has 5 rings (SSSR count). The molecule has 0 aliphatic carbocycles. The van der Waals surface area contributed by atoms with E-state index in [0.29, 0.717) is 32.5 Å². The standard InChI is InChI=1S/C23H28ClN9O6S2/c24-17-19(26)29-18(25)16(28-17)20(34)30-22-27-12-23(31-22)5-7-33(8-6-23)21(35)13-2-1-3-15(10-13)41(38,39)32-14-4-9-40(36,37)11-14/h1-3,10,14,32H,4-9,11-12H2,(H4,25,26,29)(H2,27,30,31,34). The van der Waals surface area contributed by atoms with Crippen molar-refractivity contribution in [1.82, 2.24) is 30.2 Å². The Morgan fingerprint density at radius 1 is 1.15 bits per heavy atom. The molecule has 0 bridgehead atoms. The van der Waals surface area contributed by atoms with Gasteiger partial charge in [0.2, 0.25) is 10.0 Å². The molecule has 2 aromatic rings. The van der Waals surface area contributed by atoms with Gasteiger partial charge in [0.1, 0.15) is 0 Å². The summed E-state index contributed by atoms with van der Waals surface area (Å²) in [4.78, 5) is 39.4. The molecule has 7 N–H and O–H groups in total. The highest BCUT2D eigenvalue weighted by Gasteiger charge is 2.40. The SMILES string of the molecule is Nc1nc(N)c(C(=O)NC2=NCC3(CCN(C(=O)c4cccc(S(=O)(=O)NC5CCS(=O)(=O)C5)c4)CC3)N2)nc1Cl. The first-order valence-electron chi connectivity index (χ1n) is 12.6. The fraction of sp³-hybridized carbons (Fsp3) is 0.435. The van der Waals surface area contributed by atoms with E-state index in [2.05, 4.69) is 30.3 Å². The fourth-order valence-corrected chi connectivity index (χ4v) is 8.20. The number of carbonyl (C=O) groups excluding carboxylic acids is 2. The number of carbonyl (C=O) groups is 2. The molecular formula is C23H28ClN9O6S2. The maximum atomic E-state index is 13.2. The minimum Gasteiger partial charge on any atom is -0.382 e. The van der Waals surface area contributed by atoms with Crippen LogP contribution in [0.4, 0.5) is 11.6 Å². The van der Waals surface area contributed by atoms with Crippen LogP contribution >= 0.6 is 11.6 Å². The predicted molar refractivity (Wildman–Crippen MR) is 150 cm³/mol. The van der Waals surface area contributed by atoms with Crippen molar-refractivity contribution < 1.29 is 26.4 Å². The number of amides is 2. The molecule has 0 radical (unpaired) electrons. The second kappa shape index (κ2) is 10.7. The molecule has 15 nitrogen and oxygen atoms in total. The van der Waals surface area contributed by atoms with E-state index in [1.807, 2.05) is 0 Å². The van der Waals surface area contributed by atoms with Crippen LogP contribution in [0.15, 0.2) is 34.2 Å². The highest BCUT2D eigenvalue weighted by atomic mass is 35.5. The molecule has 1 aromatic heterocycles. The topological polar surface area (TPSA) is 232 Å². The Kier molecular flexibility index (Phi) is 7.56. The number of sulfonamides is 1. The Morgan fingerprint density at radius 2 is 1.88 bits per heavy atom. The lowest BCUT2D eigenvalue weighted by Crippen LogP contribution is -2.57. The van der Waals surface area contributed by atoms with E-state index in [-0.39, 0.29) is 62.7 Å². The minimum atomic E-state index is -4.02. The third-order valence-electron chi connectivity index (χ3n) is 7.23. The first kappa shape index (κ1) is 29.0. The van der Waals surface area contributed by atoms with Gasteiger partial charge in [-0.1, -0.05) is 17.7 Å². The number of piperidine rings is 1. The van der Waals surface area contributed by atoms with Gasteiger partial charge in [0.05, 0.1) is 28.5 Å². The zero-order valence-electron chi connectivity index (χ0n) is 21.6. The summed E-state index contributed by atoms with van der Waals surface area (Å²) < 4.78 is 51.6. The maximum absolute atomic E-state index is 13.2.